The fourth-order valence-corrected chi connectivity index (χ4v) is 1.71. The highest BCUT2D eigenvalue weighted by molar-refractivity contribution is 6.33. The monoisotopic (exact) mass is 277 g/mol. The van der Waals surface area contributed by atoms with Crippen molar-refractivity contribution in [2.45, 2.75) is 0 Å². The van der Waals surface area contributed by atoms with E-state index in [1.165, 1.54) is 7.11 Å². The maximum atomic E-state index is 12.1. The number of rotatable bonds is 3. The molecule has 6 heteroatoms. The average Bonchev–Trinajstić information content (AvgIpc) is 2.43. The molecule has 2 aromatic rings. The van der Waals surface area contributed by atoms with Gasteiger partial charge in [-0.25, -0.2) is 4.98 Å². The Kier molecular flexibility index (Phi) is 3.87. The van der Waals surface area contributed by atoms with Gasteiger partial charge >= 0.3 is 0 Å². The number of halogens is 1. The topological polar surface area (TPSA) is 77.2 Å². The van der Waals surface area contributed by atoms with Crippen molar-refractivity contribution in [3.05, 3.63) is 47.1 Å². The lowest BCUT2D eigenvalue weighted by Crippen LogP contribution is -2.13. The molecule has 2 rings (SSSR count). The van der Waals surface area contributed by atoms with Gasteiger partial charge in [0.05, 0.1) is 17.8 Å². The third-order valence-corrected chi connectivity index (χ3v) is 2.79. The van der Waals surface area contributed by atoms with Crippen LogP contribution >= 0.6 is 11.6 Å². The molecule has 0 bridgehead atoms. The summed E-state index contributed by atoms with van der Waals surface area (Å²) in [6.45, 7) is 0. The molecule has 0 unspecified atom stereocenters. The number of amides is 1. The zero-order valence-electron chi connectivity index (χ0n) is 10.2. The number of nitrogens with zero attached hydrogens (tertiary/aromatic N) is 1. The van der Waals surface area contributed by atoms with Gasteiger partial charge < -0.3 is 15.8 Å². The molecule has 0 atom stereocenters. The highest BCUT2D eigenvalue weighted by atomic mass is 35.5. The minimum Gasteiger partial charge on any atom is -0.480 e. The Bertz CT molecular complexity index is 617. The van der Waals surface area contributed by atoms with Crippen LogP contribution < -0.4 is 15.8 Å². The summed E-state index contributed by atoms with van der Waals surface area (Å²) in [5, 5.41) is 3.09. The van der Waals surface area contributed by atoms with Gasteiger partial charge in [-0.3, -0.25) is 4.79 Å². The molecule has 0 saturated heterocycles. The lowest BCUT2D eigenvalue weighted by molar-refractivity contribution is 0.102. The Morgan fingerprint density at radius 1 is 1.42 bits per heavy atom. The fraction of sp³-hybridized carbons (Fsp3) is 0.0769. The molecule has 0 spiro atoms. The van der Waals surface area contributed by atoms with E-state index < -0.39 is 0 Å². The summed E-state index contributed by atoms with van der Waals surface area (Å²) in [7, 11) is 1.46. The van der Waals surface area contributed by atoms with E-state index in [0.717, 1.165) is 0 Å². The van der Waals surface area contributed by atoms with Gasteiger partial charge in [0.2, 0.25) is 5.88 Å². The third kappa shape index (κ3) is 2.95. The van der Waals surface area contributed by atoms with Gasteiger partial charge in [-0.2, -0.15) is 0 Å². The molecule has 0 fully saturated rings. The first kappa shape index (κ1) is 13.2. The molecule has 0 aliphatic carbocycles. The quantitative estimate of drug-likeness (QED) is 0.846. The molecule has 5 nitrogen and oxygen atoms in total. The van der Waals surface area contributed by atoms with Crippen LogP contribution in [0.1, 0.15) is 10.4 Å². The van der Waals surface area contributed by atoms with Crippen molar-refractivity contribution in [2.24, 2.45) is 0 Å². The Balaban J connectivity index is 2.23. The summed E-state index contributed by atoms with van der Waals surface area (Å²) >= 11 is 5.89. The lowest BCUT2D eigenvalue weighted by Gasteiger charge is -2.09. The molecule has 0 aliphatic rings. The number of carbonyl (C=O) groups excluding carboxylic acids is 1. The summed E-state index contributed by atoms with van der Waals surface area (Å²) in [5.41, 5.74) is 6.96. The standard InChI is InChI=1S/C13H12ClN3O2/c1-19-13-9(3-2-6-16-13)12(18)17-8-4-5-11(15)10(14)7-8/h2-7H,15H2,1H3,(H,17,18). The van der Waals surface area contributed by atoms with Gasteiger partial charge in [0, 0.05) is 11.9 Å². The van der Waals surface area contributed by atoms with Gasteiger partial charge in [0.25, 0.3) is 5.91 Å². The van der Waals surface area contributed by atoms with E-state index >= 15 is 0 Å². The van der Waals surface area contributed by atoms with Crippen molar-refractivity contribution >= 4 is 28.9 Å². The molecule has 3 N–H and O–H groups in total. The number of hydrogen-bond donors (Lipinski definition) is 2. The lowest BCUT2D eigenvalue weighted by atomic mass is 10.2. The van der Waals surface area contributed by atoms with Crippen LogP contribution in [0.4, 0.5) is 11.4 Å². The Morgan fingerprint density at radius 2 is 2.21 bits per heavy atom. The zero-order chi connectivity index (χ0) is 13.8. The highest BCUT2D eigenvalue weighted by Crippen LogP contribution is 2.23. The minimum absolute atomic E-state index is 0.265. The van der Waals surface area contributed by atoms with Crippen LogP contribution in [0.2, 0.25) is 5.02 Å². The number of pyridine rings is 1. The number of nitrogens with two attached hydrogens (primary N) is 1. The second-order valence-electron chi connectivity index (χ2n) is 3.75. The number of benzene rings is 1. The van der Waals surface area contributed by atoms with Crippen LogP contribution in [0.15, 0.2) is 36.5 Å². The SMILES string of the molecule is COc1ncccc1C(=O)Nc1ccc(N)c(Cl)c1. The molecular formula is C13H12ClN3O2. The van der Waals surface area contributed by atoms with Crippen molar-refractivity contribution in [3.63, 3.8) is 0 Å². The fourth-order valence-electron chi connectivity index (χ4n) is 1.53. The van der Waals surface area contributed by atoms with Gasteiger partial charge in [0.15, 0.2) is 0 Å². The van der Waals surface area contributed by atoms with Crippen molar-refractivity contribution < 1.29 is 9.53 Å². The van der Waals surface area contributed by atoms with Gasteiger partial charge in [0.1, 0.15) is 5.56 Å². The number of hydrogen-bond acceptors (Lipinski definition) is 4. The van der Waals surface area contributed by atoms with E-state index in [0.29, 0.717) is 22.0 Å². The zero-order valence-corrected chi connectivity index (χ0v) is 10.9. The minimum atomic E-state index is -0.328. The summed E-state index contributed by atoms with van der Waals surface area (Å²) in [5.74, 6) is -0.0627. The van der Waals surface area contributed by atoms with Crippen LogP contribution in [-0.4, -0.2) is 18.0 Å². The Morgan fingerprint density at radius 3 is 2.89 bits per heavy atom. The maximum absolute atomic E-state index is 12.1. The first-order chi connectivity index (χ1) is 9.11. The second-order valence-corrected chi connectivity index (χ2v) is 4.16. The Labute approximate surface area is 115 Å². The molecular weight excluding hydrogens is 266 g/mol. The number of anilines is 2. The molecule has 19 heavy (non-hydrogen) atoms. The van der Waals surface area contributed by atoms with Crippen LogP contribution in [0.3, 0.4) is 0 Å². The van der Waals surface area contributed by atoms with Crippen molar-refractivity contribution in [1.29, 1.82) is 0 Å². The van der Waals surface area contributed by atoms with Crippen molar-refractivity contribution in [1.82, 2.24) is 4.98 Å². The predicted octanol–water partition coefficient (Wildman–Crippen LogP) is 2.58. The van der Waals surface area contributed by atoms with E-state index in [9.17, 15) is 4.79 Å². The van der Waals surface area contributed by atoms with Crippen molar-refractivity contribution in [2.75, 3.05) is 18.2 Å². The molecule has 1 amide bonds. The second kappa shape index (κ2) is 5.58. The molecule has 0 saturated carbocycles. The normalized spacial score (nSPS) is 10.0. The van der Waals surface area contributed by atoms with E-state index in [4.69, 9.17) is 22.1 Å². The first-order valence-electron chi connectivity index (χ1n) is 5.47. The van der Waals surface area contributed by atoms with Crippen LogP contribution in [0, 0.1) is 0 Å². The molecule has 1 aromatic carbocycles. The molecule has 1 aromatic heterocycles. The summed E-state index contributed by atoms with van der Waals surface area (Å²) in [6.07, 6.45) is 1.55. The average molecular weight is 278 g/mol. The van der Waals surface area contributed by atoms with E-state index in [1.54, 1.807) is 36.5 Å². The number of methoxy groups -OCH3 is 1. The molecule has 1 heterocycles. The third-order valence-electron chi connectivity index (χ3n) is 2.47. The van der Waals surface area contributed by atoms with Crippen LogP contribution in [0.5, 0.6) is 5.88 Å². The summed E-state index contributed by atoms with van der Waals surface area (Å²) < 4.78 is 5.03. The van der Waals surface area contributed by atoms with Crippen molar-refractivity contribution in [3.8, 4) is 5.88 Å². The number of nitrogen functional groups attached to an aromatic ring is 1. The van der Waals surface area contributed by atoms with Gasteiger partial charge in [-0.15, -0.1) is 0 Å². The molecule has 0 radical (unpaired) electrons. The predicted molar refractivity (Wildman–Crippen MR) is 74.6 cm³/mol. The molecule has 98 valence electrons. The summed E-state index contributed by atoms with van der Waals surface area (Å²) in [4.78, 5) is 16.0. The van der Waals surface area contributed by atoms with E-state index in [2.05, 4.69) is 10.3 Å². The van der Waals surface area contributed by atoms with Crippen LogP contribution in [0.25, 0.3) is 0 Å². The van der Waals surface area contributed by atoms with Gasteiger partial charge in [-0.05, 0) is 30.3 Å². The van der Waals surface area contributed by atoms with Gasteiger partial charge in [-0.1, -0.05) is 11.6 Å². The molecule has 0 aliphatic heterocycles. The number of carbonyl (C=O) groups is 1. The number of aromatic nitrogens is 1. The van der Waals surface area contributed by atoms with E-state index in [1.807, 2.05) is 0 Å². The van der Waals surface area contributed by atoms with Crippen LogP contribution in [-0.2, 0) is 0 Å². The first-order valence-corrected chi connectivity index (χ1v) is 5.85. The number of ether oxygens (including phenoxy) is 1. The Hall–Kier alpha value is -2.27. The summed E-state index contributed by atoms with van der Waals surface area (Å²) in [6, 6.07) is 8.16. The number of nitrogens with one attached hydrogen (secondary N) is 1. The smallest absolute Gasteiger partial charge is 0.261 e. The largest absolute Gasteiger partial charge is 0.480 e. The van der Waals surface area contributed by atoms with E-state index in [-0.39, 0.29) is 11.8 Å². The maximum Gasteiger partial charge on any atom is 0.261 e. The highest BCUT2D eigenvalue weighted by Gasteiger charge is 2.13.